The van der Waals surface area contributed by atoms with E-state index in [0.29, 0.717) is 35.7 Å². The summed E-state index contributed by atoms with van der Waals surface area (Å²) in [5.41, 5.74) is -0.302. The van der Waals surface area contributed by atoms with Gasteiger partial charge in [0.2, 0.25) is 0 Å². The number of fused-ring (bicyclic) bond motifs is 5. The van der Waals surface area contributed by atoms with E-state index in [-0.39, 0.29) is 11.5 Å². The standard InChI is InChI=1S/C28H46N2O3/c1-26-14-12-23(31)20-22(26)9-10-25-24(26)13-15-27(2)21(11-16-28(25,27)32)8-6-5-7-17-29-33-19-18-30(3)4/h5-8,17,21-25,31-32H,9-16,18-20H2,1-4H3/b7-5+,8-6+,29-17+/t21-,22+,23-,24-,25+,26-,27+,28-/m0/s1. The third-order valence-electron chi connectivity index (χ3n) is 10.3. The number of nitrogens with zero attached hydrogens (tertiary/aromatic N) is 2. The fourth-order valence-corrected chi connectivity index (χ4v) is 8.22. The van der Waals surface area contributed by atoms with Crippen molar-refractivity contribution in [2.24, 2.45) is 39.7 Å². The van der Waals surface area contributed by atoms with Crippen LogP contribution < -0.4 is 0 Å². The van der Waals surface area contributed by atoms with Gasteiger partial charge in [-0.25, -0.2) is 0 Å². The second-order valence-corrected chi connectivity index (χ2v) is 12.1. The highest BCUT2D eigenvalue weighted by Gasteiger charge is 2.66. The van der Waals surface area contributed by atoms with E-state index >= 15 is 0 Å². The molecule has 5 nitrogen and oxygen atoms in total. The molecule has 4 aliphatic rings. The summed E-state index contributed by atoms with van der Waals surface area (Å²) in [6.45, 7) is 6.28. The van der Waals surface area contributed by atoms with Crippen molar-refractivity contribution in [3.05, 3.63) is 24.3 Å². The van der Waals surface area contributed by atoms with Gasteiger partial charge in [-0.3, -0.25) is 0 Å². The maximum atomic E-state index is 12.2. The molecule has 8 atom stereocenters. The lowest BCUT2D eigenvalue weighted by molar-refractivity contribution is -0.207. The maximum Gasteiger partial charge on any atom is 0.129 e. The quantitative estimate of drug-likeness (QED) is 0.249. The molecule has 0 aromatic heterocycles. The lowest BCUT2D eigenvalue weighted by Gasteiger charge is -2.63. The van der Waals surface area contributed by atoms with Gasteiger partial charge in [-0.15, -0.1) is 0 Å². The first kappa shape index (κ1) is 24.9. The minimum Gasteiger partial charge on any atom is -0.394 e. The molecule has 0 aromatic rings. The second kappa shape index (κ2) is 9.83. The number of hydrogen-bond donors (Lipinski definition) is 2. The van der Waals surface area contributed by atoms with Crippen LogP contribution in [-0.2, 0) is 4.84 Å². The van der Waals surface area contributed by atoms with Gasteiger partial charge in [0.05, 0.1) is 17.9 Å². The number of rotatable bonds is 7. The van der Waals surface area contributed by atoms with Gasteiger partial charge in [0.15, 0.2) is 0 Å². The van der Waals surface area contributed by atoms with Crippen molar-refractivity contribution in [1.29, 1.82) is 0 Å². The Kier molecular flexibility index (Phi) is 7.43. The Morgan fingerprint density at radius 3 is 2.58 bits per heavy atom. The molecular formula is C28H46N2O3. The molecule has 4 fully saturated rings. The topological polar surface area (TPSA) is 65.3 Å². The molecule has 0 heterocycles. The van der Waals surface area contributed by atoms with Gasteiger partial charge in [-0.1, -0.05) is 37.2 Å². The van der Waals surface area contributed by atoms with Crippen LogP contribution in [0.5, 0.6) is 0 Å². The van der Waals surface area contributed by atoms with Crippen molar-refractivity contribution in [3.8, 4) is 0 Å². The molecule has 0 amide bonds. The van der Waals surface area contributed by atoms with Crippen molar-refractivity contribution >= 4 is 6.21 Å². The largest absolute Gasteiger partial charge is 0.394 e. The number of hydrogen-bond acceptors (Lipinski definition) is 5. The van der Waals surface area contributed by atoms with Crippen LogP contribution in [0.3, 0.4) is 0 Å². The predicted molar refractivity (Wildman–Crippen MR) is 134 cm³/mol. The molecule has 0 radical (unpaired) electrons. The molecule has 2 N–H and O–H groups in total. The molecule has 33 heavy (non-hydrogen) atoms. The van der Waals surface area contributed by atoms with E-state index < -0.39 is 5.60 Å². The minimum atomic E-state index is -0.555. The normalized spacial score (nSPS) is 45.6. The fourth-order valence-electron chi connectivity index (χ4n) is 8.22. The van der Waals surface area contributed by atoms with Crippen molar-refractivity contribution in [2.75, 3.05) is 27.2 Å². The molecule has 4 aliphatic carbocycles. The third-order valence-corrected chi connectivity index (χ3v) is 10.3. The van der Waals surface area contributed by atoms with Crippen LogP contribution in [0.2, 0.25) is 0 Å². The maximum absolute atomic E-state index is 12.2. The monoisotopic (exact) mass is 458 g/mol. The average molecular weight is 459 g/mol. The van der Waals surface area contributed by atoms with Crippen LogP contribution in [-0.4, -0.2) is 60.3 Å². The molecule has 186 valence electrons. The van der Waals surface area contributed by atoms with Gasteiger partial charge < -0.3 is 20.0 Å². The Bertz CT molecular complexity index is 764. The van der Waals surface area contributed by atoms with Gasteiger partial charge in [-0.2, -0.15) is 0 Å². The van der Waals surface area contributed by atoms with Gasteiger partial charge >= 0.3 is 0 Å². The smallest absolute Gasteiger partial charge is 0.129 e. The summed E-state index contributed by atoms with van der Waals surface area (Å²) in [5, 5.41) is 26.4. The van der Waals surface area contributed by atoms with E-state index in [1.54, 1.807) is 6.21 Å². The van der Waals surface area contributed by atoms with E-state index in [2.05, 4.69) is 36.1 Å². The van der Waals surface area contributed by atoms with Crippen LogP contribution in [0.15, 0.2) is 29.5 Å². The van der Waals surface area contributed by atoms with Gasteiger partial charge in [0.25, 0.3) is 0 Å². The SMILES string of the molecule is CN(C)CCO/N=C/C=C/C=C/[C@H]1CC[C@]2(O)[C@@H]3CC[C@@H]4C[C@@H](O)CC[C@]4(C)[C@H]3CC[C@]12C. The zero-order chi connectivity index (χ0) is 23.7. The number of oxime groups is 1. The van der Waals surface area contributed by atoms with Crippen molar-refractivity contribution in [2.45, 2.75) is 83.3 Å². The van der Waals surface area contributed by atoms with Gasteiger partial charge in [0.1, 0.15) is 6.61 Å². The molecule has 0 aliphatic heterocycles. The Labute approximate surface area is 201 Å². The van der Waals surface area contributed by atoms with E-state index in [9.17, 15) is 10.2 Å². The highest BCUT2D eigenvalue weighted by atomic mass is 16.6. The molecule has 4 saturated carbocycles. The molecule has 4 rings (SSSR count). The van der Waals surface area contributed by atoms with Crippen LogP contribution >= 0.6 is 0 Å². The molecular weight excluding hydrogens is 412 g/mol. The number of likely N-dealkylation sites (N-methyl/N-ethyl adjacent to an activating group) is 1. The third kappa shape index (κ3) is 4.58. The van der Waals surface area contributed by atoms with Crippen LogP contribution in [0.25, 0.3) is 0 Å². The Morgan fingerprint density at radius 2 is 1.79 bits per heavy atom. The van der Waals surface area contributed by atoms with E-state index in [0.717, 1.165) is 51.5 Å². The van der Waals surface area contributed by atoms with E-state index in [1.165, 1.54) is 12.8 Å². The summed E-state index contributed by atoms with van der Waals surface area (Å²) in [6.07, 6.45) is 19.6. The first-order valence-electron chi connectivity index (χ1n) is 13.2. The number of allylic oxidation sites excluding steroid dienone is 4. The lowest BCUT2D eigenvalue weighted by atomic mass is 9.43. The van der Waals surface area contributed by atoms with Crippen LogP contribution in [0, 0.1) is 34.5 Å². The summed E-state index contributed by atoms with van der Waals surface area (Å²) in [6, 6.07) is 0. The highest BCUT2D eigenvalue weighted by Crippen LogP contribution is 2.69. The number of aliphatic hydroxyl groups is 2. The van der Waals surface area contributed by atoms with Crippen molar-refractivity contribution in [1.82, 2.24) is 4.90 Å². The highest BCUT2D eigenvalue weighted by molar-refractivity contribution is 5.70. The summed E-state index contributed by atoms with van der Waals surface area (Å²) in [4.78, 5) is 7.30. The second-order valence-electron chi connectivity index (χ2n) is 12.1. The molecule has 0 unspecified atom stereocenters. The van der Waals surface area contributed by atoms with Gasteiger partial charge in [0, 0.05) is 12.0 Å². The summed E-state index contributed by atoms with van der Waals surface area (Å²) in [5.74, 6) is 2.06. The lowest BCUT2D eigenvalue weighted by Crippen LogP contribution is -2.62. The zero-order valence-electron chi connectivity index (χ0n) is 21.2. The average Bonchev–Trinajstić information content (AvgIpc) is 3.04. The molecule has 0 spiro atoms. The first-order chi connectivity index (χ1) is 15.7. The van der Waals surface area contributed by atoms with E-state index in [4.69, 9.17) is 4.84 Å². The zero-order valence-corrected chi connectivity index (χ0v) is 21.2. The summed E-state index contributed by atoms with van der Waals surface area (Å²) < 4.78 is 0. The summed E-state index contributed by atoms with van der Waals surface area (Å²) >= 11 is 0. The Balaban J connectivity index is 1.38. The van der Waals surface area contributed by atoms with Crippen molar-refractivity contribution < 1.29 is 15.1 Å². The Morgan fingerprint density at radius 1 is 0.970 bits per heavy atom. The predicted octanol–water partition coefficient (Wildman–Crippen LogP) is 4.80. The molecule has 0 bridgehead atoms. The number of aliphatic hydroxyl groups excluding tert-OH is 1. The molecule has 0 saturated heterocycles. The van der Waals surface area contributed by atoms with Crippen LogP contribution in [0.4, 0.5) is 0 Å². The Hall–Kier alpha value is -1.17. The van der Waals surface area contributed by atoms with E-state index in [1.807, 2.05) is 26.2 Å². The first-order valence-corrected chi connectivity index (χ1v) is 13.2. The fraction of sp³-hybridized carbons (Fsp3) is 0.821. The van der Waals surface area contributed by atoms with Crippen LogP contribution in [0.1, 0.15) is 71.6 Å². The molecule has 0 aromatic carbocycles. The van der Waals surface area contributed by atoms with Gasteiger partial charge in [-0.05, 0) is 107 Å². The minimum absolute atomic E-state index is 0.0424. The summed E-state index contributed by atoms with van der Waals surface area (Å²) in [7, 11) is 4.03. The molecule has 5 heteroatoms. The van der Waals surface area contributed by atoms with Crippen molar-refractivity contribution in [3.63, 3.8) is 0 Å².